The first-order valence-electron chi connectivity index (χ1n) is 5.70. The zero-order chi connectivity index (χ0) is 15.4. The predicted molar refractivity (Wildman–Crippen MR) is 81.8 cm³/mol. The summed E-state index contributed by atoms with van der Waals surface area (Å²) >= 11 is 17.7. The summed E-state index contributed by atoms with van der Waals surface area (Å²) in [4.78, 5) is 12.2. The second-order valence-electron chi connectivity index (χ2n) is 4.48. The van der Waals surface area contributed by atoms with Gasteiger partial charge in [-0.1, -0.05) is 53.8 Å². The van der Waals surface area contributed by atoms with Crippen LogP contribution in [0.25, 0.3) is 0 Å². The molecule has 1 aromatic rings. The smallest absolute Gasteiger partial charge is 0.235 e. The quantitative estimate of drug-likeness (QED) is 0.258. The Labute approximate surface area is 131 Å². The van der Waals surface area contributed by atoms with Gasteiger partial charge in [-0.05, 0) is 18.1 Å². The molecule has 0 radical (unpaired) electrons. The number of carbonyl (C=O) groups is 1. The second-order valence-corrected chi connectivity index (χ2v) is 5.70. The van der Waals surface area contributed by atoms with E-state index in [1.165, 1.54) is 12.1 Å². The lowest BCUT2D eigenvalue weighted by Gasteiger charge is -2.19. The van der Waals surface area contributed by atoms with Gasteiger partial charge >= 0.3 is 0 Å². The molecule has 110 valence electrons. The van der Waals surface area contributed by atoms with E-state index in [1.54, 1.807) is 13.8 Å². The van der Waals surface area contributed by atoms with Crippen molar-refractivity contribution in [1.29, 1.82) is 0 Å². The van der Waals surface area contributed by atoms with Crippen molar-refractivity contribution in [3.05, 3.63) is 27.2 Å². The number of benzene rings is 1. The first-order chi connectivity index (χ1) is 9.27. The Bertz CT molecular complexity index is 547. The normalized spacial score (nSPS) is 13.4. The van der Waals surface area contributed by atoms with Crippen molar-refractivity contribution >= 4 is 52.2 Å². The minimum Gasteiger partial charge on any atom is -0.409 e. The highest BCUT2D eigenvalue weighted by Crippen LogP contribution is 2.32. The Morgan fingerprint density at radius 1 is 1.25 bits per heavy atom. The third kappa shape index (κ3) is 3.91. The van der Waals surface area contributed by atoms with Crippen LogP contribution in [0.3, 0.4) is 0 Å². The number of halogens is 3. The van der Waals surface area contributed by atoms with Crippen LogP contribution in [0.4, 0.5) is 5.69 Å². The van der Waals surface area contributed by atoms with Gasteiger partial charge in [-0.3, -0.25) is 4.79 Å². The molecule has 0 saturated carbocycles. The number of anilines is 1. The number of carbonyl (C=O) groups excluding carboxylic acids is 1. The van der Waals surface area contributed by atoms with Gasteiger partial charge in [0.05, 0.1) is 20.8 Å². The van der Waals surface area contributed by atoms with Crippen molar-refractivity contribution in [3.8, 4) is 0 Å². The lowest BCUT2D eigenvalue weighted by Crippen LogP contribution is -2.38. The van der Waals surface area contributed by atoms with Crippen LogP contribution in [-0.2, 0) is 4.79 Å². The van der Waals surface area contributed by atoms with Gasteiger partial charge in [-0.2, -0.15) is 0 Å². The van der Waals surface area contributed by atoms with Crippen molar-refractivity contribution in [1.82, 2.24) is 0 Å². The van der Waals surface area contributed by atoms with Crippen molar-refractivity contribution in [2.75, 3.05) is 5.32 Å². The lowest BCUT2D eigenvalue weighted by molar-refractivity contribution is -0.119. The molecule has 0 bridgehead atoms. The van der Waals surface area contributed by atoms with E-state index in [2.05, 4.69) is 10.5 Å². The highest BCUT2D eigenvalue weighted by Gasteiger charge is 2.27. The molecule has 1 atom stereocenters. The van der Waals surface area contributed by atoms with Crippen molar-refractivity contribution in [2.24, 2.45) is 22.7 Å². The minimum atomic E-state index is -0.787. The Morgan fingerprint density at radius 2 is 1.80 bits per heavy atom. The molecular formula is C12H14Cl3N3O2. The molecule has 0 aliphatic rings. The summed E-state index contributed by atoms with van der Waals surface area (Å²) in [7, 11) is 0. The number of nitrogens with two attached hydrogens (primary N) is 1. The summed E-state index contributed by atoms with van der Waals surface area (Å²) in [5, 5.41) is 15.0. The fraction of sp³-hybridized carbons (Fsp3) is 0.333. The van der Waals surface area contributed by atoms with Crippen LogP contribution in [0.5, 0.6) is 0 Å². The molecule has 0 fully saturated rings. The maximum atomic E-state index is 12.2. The van der Waals surface area contributed by atoms with E-state index in [-0.39, 0.29) is 26.8 Å². The Hall–Kier alpha value is -1.17. The molecule has 1 rings (SSSR count). The van der Waals surface area contributed by atoms with Crippen LogP contribution < -0.4 is 11.1 Å². The van der Waals surface area contributed by atoms with Crippen LogP contribution in [0.2, 0.25) is 15.1 Å². The van der Waals surface area contributed by atoms with Crippen LogP contribution in [-0.4, -0.2) is 17.0 Å². The second kappa shape index (κ2) is 7.02. The number of hydrogen-bond donors (Lipinski definition) is 3. The molecule has 1 unspecified atom stereocenters. The van der Waals surface area contributed by atoms with Crippen LogP contribution in [0, 0.1) is 11.8 Å². The number of hydrogen-bond acceptors (Lipinski definition) is 3. The maximum Gasteiger partial charge on any atom is 0.235 e. The monoisotopic (exact) mass is 337 g/mol. The molecule has 0 saturated heterocycles. The third-order valence-electron chi connectivity index (χ3n) is 2.65. The summed E-state index contributed by atoms with van der Waals surface area (Å²) < 4.78 is 0. The molecular weight excluding hydrogens is 325 g/mol. The molecule has 8 heteroatoms. The fourth-order valence-electron chi connectivity index (χ4n) is 1.67. The highest BCUT2D eigenvalue weighted by atomic mass is 35.5. The van der Waals surface area contributed by atoms with Crippen molar-refractivity contribution < 1.29 is 10.0 Å². The SMILES string of the molecule is CC(C)C(C(=O)Nc1cc(Cl)c(Cl)cc1Cl)C(N)=NO. The van der Waals surface area contributed by atoms with Gasteiger partial charge in [-0.25, -0.2) is 0 Å². The molecule has 5 nitrogen and oxygen atoms in total. The summed E-state index contributed by atoms with van der Waals surface area (Å²) in [5.41, 5.74) is 5.83. The van der Waals surface area contributed by atoms with E-state index in [1.807, 2.05) is 0 Å². The van der Waals surface area contributed by atoms with Crippen LogP contribution in [0.15, 0.2) is 17.3 Å². The number of amidine groups is 1. The molecule has 0 aromatic heterocycles. The average Bonchev–Trinajstić information content (AvgIpc) is 2.35. The van der Waals surface area contributed by atoms with E-state index >= 15 is 0 Å². The first kappa shape index (κ1) is 16.9. The van der Waals surface area contributed by atoms with Gasteiger partial charge in [0.25, 0.3) is 0 Å². The third-order valence-corrected chi connectivity index (χ3v) is 3.69. The zero-order valence-electron chi connectivity index (χ0n) is 10.8. The van der Waals surface area contributed by atoms with E-state index < -0.39 is 11.8 Å². The van der Waals surface area contributed by atoms with Gasteiger partial charge < -0.3 is 16.3 Å². The minimum absolute atomic E-state index is 0.160. The largest absolute Gasteiger partial charge is 0.409 e. The Morgan fingerprint density at radius 3 is 2.30 bits per heavy atom. The van der Waals surface area contributed by atoms with E-state index in [0.717, 1.165) is 0 Å². The van der Waals surface area contributed by atoms with Gasteiger partial charge in [0.2, 0.25) is 5.91 Å². The van der Waals surface area contributed by atoms with Crippen LogP contribution >= 0.6 is 34.8 Å². The maximum absolute atomic E-state index is 12.2. The van der Waals surface area contributed by atoms with E-state index in [0.29, 0.717) is 5.69 Å². The zero-order valence-corrected chi connectivity index (χ0v) is 13.1. The van der Waals surface area contributed by atoms with E-state index in [9.17, 15) is 4.79 Å². The van der Waals surface area contributed by atoms with Gasteiger partial charge in [0.15, 0.2) is 5.84 Å². The molecule has 0 aliphatic carbocycles. The van der Waals surface area contributed by atoms with Gasteiger partial charge in [0.1, 0.15) is 5.92 Å². The van der Waals surface area contributed by atoms with Crippen LogP contribution in [0.1, 0.15) is 13.8 Å². The average molecular weight is 339 g/mol. The molecule has 0 spiro atoms. The number of nitrogens with zero attached hydrogens (tertiary/aromatic N) is 1. The van der Waals surface area contributed by atoms with E-state index in [4.69, 9.17) is 45.7 Å². The molecule has 0 heterocycles. The lowest BCUT2D eigenvalue weighted by atomic mass is 9.94. The fourth-order valence-corrected chi connectivity index (χ4v) is 2.26. The molecule has 1 amide bonds. The highest BCUT2D eigenvalue weighted by molar-refractivity contribution is 6.44. The van der Waals surface area contributed by atoms with Gasteiger partial charge in [0, 0.05) is 0 Å². The number of amides is 1. The molecule has 0 aliphatic heterocycles. The molecule has 20 heavy (non-hydrogen) atoms. The number of rotatable bonds is 4. The standard InChI is InChI=1S/C12H14Cl3N3O2/c1-5(2)10(11(16)18-20)12(19)17-9-4-7(14)6(13)3-8(9)15/h3-5,10,20H,1-2H3,(H2,16,18)(H,17,19). The predicted octanol–water partition coefficient (Wildman–Crippen LogP) is 3.60. The summed E-state index contributed by atoms with van der Waals surface area (Å²) in [6.07, 6.45) is 0. The molecule has 1 aromatic carbocycles. The topological polar surface area (TPSA) is 87.7 Å². The molecule has 4 N–H and O–H groups in total. The summed E-state index contributed by atoms with van der Waals surface area (Å²) in [6, 6.07) is 2.86. The van der Waals surface area contributed by atoms with Gasteiger partial charge in [-0.15, -0.1) is 0 Å². The number of oxime groups is 1. The summed E-state index contributed by atoms with van der Waals surface area (Å²) in [6.45, 7) is 3.55. The first-order valence-corrected chi connectivity index (χ1v) is 6.84. The Kier molecular flexibility index (Phi) is 5.92. The number of nitrogens with one attached hydrogen (secondary N) is 1. The van der Waals surface area contributed by atoms with Crippen molar-refractivity contribution in [3.63, 3.8) is 0 Å². The Balaban J connectivity index is 3.03. The van der Waals surface area contributed by atoms with Crippen molar-refractivity contribution in [2.45, 2.75) is 13.8 Å². The summed E-state index contributed by atoms with van der Waals surface area (Å²) in [5.74, 6) is -1.57.